The maximum absolute atomic E-state index is 6.29. The van der Waals surface area contributed by atoms with Crippen LogP contribution in [0, 0.1) is 0 Å². The van der Waals surface area contributed by atoms with Gasteiger partial charge in [-0.2, -0.15) is 0 Å². The molecule has 5 heteroatoms. The fraction of sp³-hybridized carbons (Fsp3) is 0.375. The minimum Gasteiger partial charge on any atom is -0.496 e. The zero-order chi connectivity index (χ0) is 14.8. The Morgan fingerprint density at radius 1 is 1.43 bits per heavy atom. The Labute approximate surface area is 133 Å². The molecule has 1 aliphatic rings. The van der Waals surface area contributed by atoms with Crippen molar-refractivity contribution in [3.8, 4) is 11.5 Å². The molecule has 0 saturated heterocycles. The van der Waals surface area contributed by atoms with E-state index in [2.05, 4.69) is 18.3 Å². The predicted molar refractivity (Wildman–Crippen MR) is 87.0 cm³/mol. The van der Waals surface area contributed by atoms with Gasteiger partial charge in [-0.3, -0.25) is 0 Å². The van der Waals surface area contributed by atoms with Crippen LogP contribution in [-0.4, -0.2) is 20.3 Å². The second kappa shape index (κ2) is 6.26. The van der Waals surface area contributed by atoms with E-state index in [0.717, 1.165) is 41.7 Å². The molecule has 1 aromatic carbocycles. The van der Waals surface area contributed by atoms with E-state index in [1.807, 2.05) is 17.5 Å². The fourth-order valence-corrected chi connectivity index (χ4v) is 3.87. The van der Waals surface area contributed by atoms with Gasteiger partial charge in [-0.05, 0) is 30.3 Å². The number of rotatable bonds is 5. The van der Waals surface area contributed by atoms with E-state index in [4.69, 9.17) is 21.1 Å². The summed E-state index contributed by atoms with van der Waals surface area (Å²) in [5.74, 6) is 1.87. The summed E-state index contributed by atoms with van der Waals surface area (Å²) >= 11 is 7.97. The van der Waals surface area contributed by atoms with Gasteiger partial charge in [0, 0.05) is 27.3 Å². The van der Waals surface area contributed by atoms with Gasteiger partial charge in [-0.25, -0.2) is 0 Å². The molecule has 112 valence electrons. The molecule has 0 amide bonds. The average molecular weight is 324 g/mol. The molecule has 0 fully saturated rings. The molecule has 21 heavy (non-hydrogen) atoms. The van der Waals surface area contributed by atoms with E-state index in [1.165, 1.54) is 10.4 Å². The molecular weight excluding hydrogens is 306 g/mol. The molecule has 0 spiro atoms. The van der Waals surface area contributed by atoms with Gasteiger partial charge in [0.05, 0.1) is 19.8 Å². The van der Waals surface area contributed by atoms with E-state index in [-0.39, 0.29) is 6.04 Å². The van der Waals surface area contributed by atoms with E-state index in [9.17, 15) is 0 Å². The van der Waals surface area contributed by atoms with Crippen LogP contribution in [0.25, 0.3) is 0 Å². The number of halogens is 1. The Balaban J connectivity index is 2.05. The van der Waals surface area contributed by atoms with Gasteiger partial charge in [0.1, 0.15) is 11.5 Å². The standard InChI is InChI=1S/C16H18ClNO2S/c1-3-18-15(14-8-12(19-2)9-21-14)13-7-11(17)6-10-4-5-20-16(10)13/h6-9,15,18H,3-5H2,1-2H3. The first-order valence-electron chi connectivity index (χ1n) is 7.03. The molecule has 0 radical (unpaired) electrons. The Hall–Kier alpha value is -1.23. The van der Waals surface area contributed by atoms with Crippen LogP contribution in [0.2, 0.25) is 5.02 Å². The van der Waals surface area contributed by atoms with Gasteiger partial charge in [0.25, 0.3) is 0 Å². The van der Waals surface area contributed by atoms with Gasteiger partial charge in [0.2, 0.25) is 0 Å². The molecule has 1 aliphatic heterocycles. The summed E-state index contributed by atoms with van der Waals surface area (Å²) in [6.45, 7) is 3.70. The quantitative estimate of drug-likeness (QED) is 0.900. The minimum atomic E-state index is 0.0782. The summed E-state index contributed by atoms with van der Waals surface area (Å²) in [6.07, 6.45) is 0.926. The number of methoxy groups -OCH3 is 1. The van der Waals surface area contributed by atoms with E-state index in [1.54, 1.807) is 18.4 Å². The normalized spacial score (nSPS) is 14.6. The molecule has 0 bridgehead atoms. The Morgan fingerprint density at radius 3 is 3.00 bits per heavy atom. The highest BCUT2D eigenvalue weighted by Crippen LogP contribution is 2.40. The van der Waals surface area contributed by atoms with Gasteiger partial charge < -0.3 is 14.8 Å². The second-order valence-corrected chi connectivity index (χ2v) is 6.34. The van der Waals surface area contributed by atoms with Crippen molar-refractivity contribution in [3.63, 3.8) is 0 Å². The third-order valence-corrected chi connectivity index (χ3v) is 4.81. The largest absolute Gasteiger partial charge is 0.496 e. The van der Waals surface area contributed by atoms with Crippen molar-refractivity contribution >= 4 is 22.9 Å². The summed E-state index contributed by atoms with van der Waals surface area (Å²) in [6, 6.07) is 6.16. The number of thiophene rings is 1. The second-order valence-electron chi connectivity index (χ2n) is 4.96. The van der Waals surface area contributed by atoms with Crippen LogP contribution < -0.4 is 14.8 Å². The van der Waals surface area contributed by atoms with Crippen molar-refractivity contribution in [2.75, 3.05) is 20.3 Å². The number of hydrogen-bond donors (Lipinski definition) is 1. The summed E-state index contributed by atoms with van der Waals surface area (Å²) < 4.78 is 11.1. The van der Waals surface area contributed by atoms with Crippen LogP contribution >= 0.6 is 22.9 Å². The number of hydrogen-bond acceptors (Lipinski definition) is 4. The lowest BCUT2D eigenvalue weighted by molar-refractivity contribution is 0.350. The van der Waals surface area contributed by atoms with Crippen LogP contribution in [0.5, 0.6) is 11.5 Å². The number of fused-ring (bicyclic) bond motifs is 1. The summed E-state index contributed by atoms with van der Waals surface area (Å²) in [5.41, 5.74) is 2.31. The summed E-state index contributed by atoms with van der Waals surface area (Å²) in [4.78, 5) is 1.20. The third-order valence-electron chi connectivity index (χ3n) is 3.61. The van der Waals surface area contributed by atoms with Crippen molar-refractivity contribution in [1.29, 1.82) is 0 Å². The van der Waals surface area contributed by atoms with Crippen LogP contribution in [0.3, 0.4) is 0 Å². The maximum Gasteiger partial charge on any atom is 0.129 e. The first-order chi connectivity index (χ1) is 10.2. The molecule has 1 unspecified atom stereocenters. The summed E-state index contributed by atoms with van der Waals surface area (Å²) in [5, 5.41) is 6.31. The molecular formula is C16H18ClNO2S. The average Bonchev–Trinajstić information content (AvgIpc) is 3.12. The Kier molecular flexibility index (Phi) is 4.38. The molecule has 3 rings (SSSR count). The van der Waals surface area contributed by atoms with Gasteiger partial charge in [0.15, 0.2) is 0 Å². The fourth-order valence-electron chi connectivity index (χ4n) is 2.67. The first-order valence-corrected chi connectivity index (χ1v) is 8.29. The van der Waals surface area contributed by atoms with Gasteiger partial charge in [-0.15, -0.1) is 11.3 Å². The zero-order valence-corrected chi connectivity index (χ0v) is 13.7. The van der Waals surface area contributed by atoms with E-state index >= 15 is 0 Å². The highest BCUT2D eigenvalue weighted by Gasteiger charge is 2.25. The van der Waals surface area contributed by atoms with E-state index < -0.39 is 0 Å². The Bertz CT molecular complexity index is 641. The monoisotopic (exact) mass is 323 g/mol. The number of nitrogens with one attached hydrogen (secondary N) is 1. The van der Waals surface area contributed by atoms with Crippen molar-refractivity contribution < 1.29 is 9.47 Å². The number of ether oxygens (including phenoxy) is 2. The topological polar surface area (TPSA) is 30.5 Å². The van der Waals surface area contributed by atoms with Crippen molar-refractivity contribution in [3.05, 3.63) is 44.6 Å². The lowest BCUT2D eigenvalue weighted by atomic mass is 10.0. The lowest BCUT2D eigenvalue weighted by Gasteiger charge is -2.20. The highest BCUT2D eigenvalue weighted by molar-refractivity contribution is 7.10. The van der Waals surface area contributed by atoms with Crippen LogP contribution in [0.4, 0.5) is 0 Å². The van der Waals surface area contributed by atoms with Crippen molar-refractivity contribution in [2.45, 2.75) is 19.4 Å². The number of benzene rings is 1. The SMILES string of the molecule is CCNC(c1cc(OC)cs1)c1cc(Cl)cc2c1OCC2. The van der Waals surface area contributed by atoms with Crippen LogP contribution in [0.1, 0.15) is 29.0 Å². The first kappa shape index (κ1) is 14.7. The minimum absolute atomic E-state index is 0.0782. The molecule has 1 N–H and O–H groups in total. The third kappa shape index (κ3) is 2.89. The molecule has 2 aromatic rings. The highest BCUT2D eigenvalue weighted by atomic mass is 35.5. The van der Waals surface area contributed by atoms with Crippen molar-refractivity contribution in [2.24, 2.45) is 0 Å². The van der Waals surface area contributed by atoms with Gasteiger partial charge in [-0.1, -0.05) is 18.5 Å². The maximum atomic E-state index is 6.29. The molecule has 3 nitrogen and oxygen atoms in total. The predicted octanol–water partition coefficient (Wildman–Crippen LogP) is 4.04. The molecule has 0 aliphatic carbocycles. The van der Waals surface area contributed by atoms with Gasteiger partial charge >= 0.3 is 0 Å². The summed E-state index contributed by atoms with van der Waals surface area (Å²) in [7, 11) is 1.69. The molecule has 2 heterocycles. The molecule has 1 aromatic heterocycles. The molecule has 1 atom stereocenters. The lowest BCUT2D eigenvalue weighted by Crippen LogP contribution is -2.21. The van der Waals surface area contributed by atoms with Crippen LogP contribution in [0.15, 0.2) is 23.6 Å². The zero-order valence-electron chi connectivity index (χ0n) is 12.1. The molecule has 0 saturated carbocycles. The smallest absolute Gasteiger partial charge is 0.129 e. The van der Waals surface area contributed by atoms with Crippen LogP contribution in [-0.2, 0) is 6.42 Å². The van der Waals surface area contributed by atoms with E-state index in [0.29, 0.717) is 0 Å². The van der Waals surface area contributed by atoms with Crippen molar-refractivity contribution in [1.82, 2.24) is 5.32 Å². The Morgan fingerprint density at radius 2 is 2.29 bits per heavy atom.